The Hall–Kier alpha value is -2.77. The molecule has 0 saturated carbocycles. The number of sulfonamides is 1. The standard InChI is InChI=1S/C26H30N2O3S2/c1-5-21-8-10-22(11-9-21)20(3)27-26(29)18-28(23-12-6-19(2)7-13-23)33(30,31)25-16-14-24(32-4)15-17-25/h6-17,20H,5,18H2,1-4H3,(H,27,29). The molecule has 0 fully saturated rings. The van der Waals surface area contributed by atoms with Crippen LogP contribution in [0.2, 0.25) is 0 Å². The summed E-state index contributed by atoms with van der Waals surface area (Å²) in [5.41, 5.74) is 3.65. The van der Waals surface area contributed by atoms with E-state index in [1.165, 1.54) is 21.6 Å². The van der Waals surface area contributed by atoms with Gasteiger partial charge >= 0.3 is 0 Å². The zero-order valence-electron chi connectivity index (χ0n) is 19.4. The molecule has 5 nitrogen and oxygen atoms in total. The fourth-order valence-electron chi connectivity index (χ4n) is 3.44. The summed E-state index contributed by atoms with van der Waals surface area (Å²) >= 11 is 1.54. The molecule has 3 aromatic carbocycles. The van der Waals surface area contributed by atoms with Gasteiger partial charge in [0.05, 0.1) is 16.6 Å². The summed E-state index contributed by atoms with van der Waals surface area (Å²) in [7, 11) is -3.93. The van der Waals surface area contributed by atoms with Crippen LogP contribution in [0.15, 0.2) is 82.6 Å². The number of aryl methyl sites for hydroxylation is 2. The topological polar surface area (TPSA) is 66.5 Å². The Kier molecular flexibility index (Phi) is 8.21. The van der Waals surface area contributed by atoms with Crippen LogP contribution in [-0.2, 0) is 21.2 Å². The molecule has 1 N–H and O–H groups in total. The number of nitrogens with zero attached hydrogens (tertiary/aromatic N) is 1. The maximum atomic E-state index is 13.5. The molecule has 0 heterocycles. The minimum Gasteiger partial charge on any atom is -0.348 e. The summed E-state index contributed by atoms with van der Waals surface area (Å²) in [5.74, 6) is -0.369. The van der Waals surface area contributed by atoms with Crippen LogP contribution in [-0.4, -0.2) is 27.1 Å². The Morgan fingerprint density at radius 3 is 2.12 bits per heavy atom. The number of carbonyl (C=O) groups is 1. The Morgan fingerprint density at radius 2 is 1.58 bits per heavy atom. The fraction of sp³-hybridized carbons (Fsp3) is 0.269. The average Bonchev–Trinajstić information content (AvgIpc) is 2.83. The van der Waals surface area contributed by atoms with Crippen molar-refractivity contribution in [3.8, 4) is 0 Å². The molecule has 1 unspecified atom stereocenters. The van der Waals surface area contributed by atoms with E-state index in [2.05, 4.69) is 12.2 Å². The van der Waals surface area contributed by atoms with Gasteiger partial charge in [0.25, 0.3) is 10.0 Å². The molecular formula is C26H30N2O3S2. The molecule has 33 heavy (non-hydrogen) atoms. The molecule has 0 aromatic heterocycles. The third-order valence-electron chi connectivity index (χ3n) is 5.52. The van der Waals surface area contributed by atoms with E-state index in [9.17, 15) is 13.2 Å². The van der Waals surface area contributed by atoms with Crippen LogP contribution >= 0.6 is 11.8 Å². The maximum absolute atomic E-state index is 13.5. The minimum absolute atomic E-state index is 0.150. The minimum atomic E-state index is -3.93. The first-order valence-electron chi connectivity index (χ1n) is 10.9. The largest absolute Gasteiger partial charge is 0.348 e. The summed E-state index contributed by atoms with van der Waals surface area (Å²) in [6.45, 7) is 5.61. The van der Waals surface area contributed by atoms with E-state index in [0.29, 0.717) is 5.69 Å². The molecule has 7 heteroatoms. The first kappa shape index (κ1) is 24.9. The van der Waals surface area contributed by atoms with Gasteiger partial charge in [-0.05, 0) is 74.0 Å². The van der Waals surface area contributed by atoms with Gasteiger partial charge in [-0.1, -0.05) is 48.9 Å². The van der Waals surface area contributed by atoms with Gasteiger partial charge in [0.15, 0.2) is 0 Å². The molecule has 0 bridgehead atoms. The third-order valence-corrected chi connectivity index (χ3v) is 8.05. The highest BCUT2D eigenvalue weighted by Crippen LogP contribution is 2.26. The van der Waals surface area contributed by atoms with Crippen molar-refractivity contribution in [1.82, 2.24) is 5.32 Å². The van der Waals surface area contributed by atoms with Crippen molar-refractivity contribution in [1.29, 1.82) is 0 Å². The second-order valence-corrected chi connectivity index (χ2v) is 10.6. The lowest BCUT2D eigenvalue weighted by atomic mass is 10.1. The molecule has 3 rings (SSSR count). The highest BCUT2D eigenvalue weighted by Gasteiger charge is 2.27. The highest BCUT2D eigenvalue weighted by atomic mass is 32.2. The smallest absolute Gasteiger partial charge is 0.264 e. The zero-order chi connectivity index (χ0) is 24.0. The Morgan fingerprint density at radius 1 is 0.970 bits per heavy atom. The molecule has 1 amide bonds. The van der Waals surface area contributed by atoms with Gasteiger partial charge in [-0.15, -0.1) is 11.8 Å². The van der Waals surface area contributed by atoms with Crippen molar-refractivity contribution in [2.24, 2.45) is 0 Å². The lowest BCUT2D eigenvalue weighted by molar-refractivity contribution is -0.120. The quantitative estimate of drug-likeness (QED) is 0.418. The van der Waals surface area contributed by atoms with Gasteiger partial charge in [-0.2, -0.15) is 0 Å². The molecule has 0 aliphatic rings. The van der Waals surface area contributed by atoms with E-state index < -0.39 is 10.0 Å². The van der Waals surface area contributed by atoms with Crippen molar-refractivity contribution >= 4 is 33.4 Å². The van der Waals surface area contributed by atoms with Crippen molar-refractivity contribution in [2.45, 2.75) is 43.0 Å². The fourth-order valence-corrected chi connectivity index (χ4v) is 5.27. The van der Waals surface area contributed by atoms with Crippen molar-refractivity contribution < 1.29 is 13.2 Å². The molecule has 0 aliphatic heterocycles. The zero-order valence-corrected chi connectivity index (χ0v) is 21.0. The summed E-state index contributed by atoms with van der Waals surface area (Å²) in [6, 6.07) is 21.7. The lowest BCUT2D eigenvalue weighted by Gasteiger charge is -2.25. The van der Waals surface area contributed by atoms with Gasteiger partial charge in [0.1, 0.15) is 6.54 Å². The van der Waals surface area contributed by atoms with Gasteiger partial charge < -0.3 is 5.32 Å². The number of hydrogen-bond acceptors (Lipinski definition) is 4. The van der Waals surface area contributed by atoms with Crippen LogP contribution in [0.4, 0.5) is 5.69 Å². The van der Waals surface area contributed by atoms with Gasteiger partial charge in [-0.3, -0.25) is 9.10 Å². The summed E-state index contributed by atoms with van der Waals surface area (Å²) in [5, 5.41) is 2.94. The maximum Gasteiger partial charge on any atom is 0.264 e. The van der Waals surface area contributed by atoms with E-state index in [1.807, 2.05) is 56.5 Å². The first-order valence-corrected chi connectivity index (χ1v) is 13.5. The van der Waals surface area contributed by atoms with Gasteiger partial charge in [-0.25, -0.2) is 8.42 Å². The predicted octanol–water partition coefficient (Wildman–Crippen LogP) is 5.35. The van der Waals surface area contributed by atoms with Crippen molar-refractivity contribution in [3.63, 3.8) is 0 Å². The lowest BCUT2D eigenvalue weighted by Crippen LogP contribution is -2.41. The van der Waals surface area contributed by atoms with Crippen LogP contribution < -0.4 is 9.62 Å². The van der Waals surface area contributed by atoms with Crippen LogP contribution in [0.1, 0.15) is 36.6 Å². The van der Waals surface area contributed by atoms with Crippen molar-refractivity contribution in [2.75, 3.05) is 17.1 Å². The SMILES string of the molecule is CCc1ccc(C(C)NC(=O)CN(c2ccc(C)cc2)S(=O)(=O)c2ccc(SC)cc2)cc1. The molecule has 1 atom stereocenters. The van der Waals surface area contributed by atoms with E-state index in [0.717, 1.165) is 22.4 Å². The number of thioether (sulfide) groups is 1. The van der Waals surface area contributed by atoms with E-state index >= 15 is 0 Å². The van der Waals surface area contributed by atoms with Crippen LogP contribution in [0, 0.1) is 6.92 Å². The van der Waals surface area contributed by atoms with Gasteiger partial charge in [0, 0.05) is 4.90 Å². The number of hydrogen-bond donors (Lipinski definition) is 1. The number of benzene rings is 3. The molecular weight excluding hydrogens is 452 g/mol. The predicted molar refractivity (Wildman–Crippen MR) is 136 cm³/mol. The number of nitrogens with one attached hydrogen (secondary N) is 1. The highest BCUT2D eigenvalue weighted by molar-refractivity contribution is 7.98. The van der Waals surface area contributed by atoms with Crippen LogP contribution in [0.25, 0.3) is 0 Å². The molecule has 0 aliphatic carbocycles. The second-order valence-electron chi connectivity index (χ2n) is 7.91. The Labute approximate surface area is 201 Å². The van der Waals surface area contributed by atoms with Crippen LogP contribution in [0.5, 0.6) is 0 Å². The third kappa shape index (κ3) is 6.18. The molecule has 0 spiro atoms. The second kappa shape index (κ2) is 10.9. The van der Waals surface area contributed by atoms with Crippen LogP contribution in [0.3, 0.4) is 0 Å². The number of anilines is 1. The number of carbonyl (C=O) groups excluding carboxylic acids is 1. The number of rotatable bonds is 9. The van der Waals surface area contributed by atoms with E-state index in [-0.39, 0.29) is 23.4 Å². The first-order chi connectivity index (χ1) is 15.7. The van der Waals surface area contributed by atoms with Gasteiger partial charge in [0.2, 0.25) is 5.91 Å². The average molecular weight is 483 g/mol. The normalized spacial score (nSPS) is 12.2. The van der Waals surface area contributed by atoms with Crippen molar-refractivity contribution in [3.05, 3.63) is 89.5 Å². The Bertz CT molecular complexity index is 1170. The summed E-state index contributed by atoms with van der Waals surface area (Å²) in [4.78, 5) is 14.1. The Balaban J connectivity index is 1.86. The number of amides is 1. The summed E-state index contributed by atoms with van der Waals surface area (Å²) < 4.78 is 28.2. The van der Waals surface area contributed by atoms with E-state index in [4.69, 9.17) is 0 Å². The molecule has 174 valence electrons. The summed E-state index contributed by atoms with van der Waals surface area (Å²) in [6.07, 6.45) is 2.88. The monoisotopic (exact) mass is 482 g/mol. The molecule has 3 aromatic rings. The molecule has 0 saturated heterocycles. The van der Waals surface area contributed by atoms with E-state index in [1.54, 1.807) is 36.4 Å². The molecule has 0 radical (unpaired) electrons.